The number of methoxy groups -OCH3 is 1. The minimum Gasteiger partial charge on any atom is -0.469 e. The second kappa shape index (κ2) is 8.18. The number of hydrogen-bond donors (Lipinski definition) is 0. The van der Waals surface area contributed by atoms with Crippen LogP contribution in [0.5, 0.6) is 5.75 Å². The molecule has 4 aromatic rings. The van der Waals surface area contributed by atoms with E-state index in [-0.39, 0.29) is 5.56 Å². The third-order valence-corrected chi connectivity index (χ3v) is 8.01. The Kier molecular flexibility index (Phi) is 5.17. The monoisotopic (exact) mass is 520 g/mol. The van der Waals surface area contributed by atoms with Crippen LogP contribution < -0.4 is 19.6 Å². The number of aryl methyl sites for hydroxylation is 1. The topological polar surface area (TPSA) is 87.7 Å². The van der Waals surface area contributed by atoms with Gasteiger partial charge in [0.25, 0.3) is 5.56 Å². The van der Waals surface area contributed by atoms with Crippen molar-refractivity contribution in [2.24, 2.45) is 10.9 Å². The highest BCUT2D eigenvalue weighted by Gasteiger charge is 2.55. The van der Waals surface area contributed by atoms with E-state index in [1.165, 1.54) is 18.4 Å². The summed E-state index contributed by atoms with van der Waals surface area (Å²) in [4.78, 5) is 32.0. The molecule has 6 rings (SSSR count). The molecule has 36 heavy (non-hydrogen) atoms. The van der Waals surface area contributed by atoms with Crippen LogP contribution in [0.25, 0.3) is 11.8 Å². The zero-order valence-electron chi connectivity index (χ0n) is 19.6. The highest BCUT2D eigenvalue weighted by molar-refractivity contribution is 7.07. The van der Waals surface area contributed by atoms with Crippen molar-refractivity contribution in [2.45, 2.75) is 25.6 Å². The van der Waals surface area contributed by atoms with Crippen LogP contribution in [0.2, 0.25) is 5.15 Å². The first-order valence-corrected chi connectivity index (χ1v) is 12.5. The number of para-hydroxylation sites is 2. The van der Waals surface area contributed by atoms with Gasteiger partial charge in [0, 0.05) is 11.1 Å². The maximum absolute atomic E-state index is 13.8. The van der Waals surface area contributed by atoms with Gasteiger partial charge in [0.1, 0.15) is 16.8 Å². The zero-order valence-corrected chi connectivity index (χ0v) is 21.2. The van der Waals surface area contributed by atoms with Crippen LogP contribution in [0.1, 0.15) is 29.8 Å². The third kappa shape index (κ3) is 3.26. The molecule has 0 fully saturated rings. The van der Waals surface area contributed by atoms with Gasteiger partial charge in [-0.15, -0.1) is 0 Å². The standard InChI is InChI=1S/C26H21ClN4O4S/c1-14-17(22(27)31(29-14)15-9-5-4-6-10-15)13-19-23(32)30-21-16-11-7-8-12-18(16)35-26(2,28-25(30)36-19)20(21)24(33)34-3/h4-13,20-21H,1-3H3/b19-13-/t20-,21+,26+/m1/s1. The summed E-state index contributed by atoms with van der Waals surface area (Å²) in [5.41, 5.74) is 1.40. The summed E-state index contributed by atoms with van der Waals surface area (Å²) in [6, 6.07) is 16.3. The summed E-state index contributed by atoms with van der Waals surface area (Å²) in [7, 11) is 1.33. The smallest absolute Gasteiger partial charge is 0.317 e. The van der Waals surface area contributed by atoms with Gasteiger partial charge in [0.05, 0.1) is 29.1 Å². The average Bonchev–Trinajstić information content (AvgIpc) is 3.33. The van der Waals surface area contributed by atoms with Crippen LogP contribution in [0.4, 0.5) is 0 Å². The van der Waals surface area contributed by atoms with Gasteiger partial charge in [0.2, 0.25) is 5.72 Å². The van der Waals surface area contributed by atoms with Crippen molar-refractivity contribution in [1.29, 1.82) is 0 Å². The van der Waals surface area contributed by atoms with Crippen molar-refractivity contribution in [3.8, 4) is 11.4 Å². The fourth-order valence-corrected chi connectivity index (χ4v) is 6.39. The molecule has 10 heteroatoms. The summed E-state index contributed by atoms with van der Waals surface area (Å²) in [6.45, 7) is 3.59. The minimum absolute atomic E-state index is 0.265. The molecule has 2 aromatic carbocycles. The van der Waals surface area contributed by atoms with E-state index in [1.807, 2.05) is 61.5 Å². The van der Waals surface area contributed by atoms with E-state index >= 15 is 0 Å². The Morgan fingerprint density at radius 1 is 1.19 bits per heavy atom. The van der Waals surface area contributed by atoms with E-state index in [1.54, 1.807) is 22.2 Å². The number of benzene rings is 2. The SMILES string of the molecule is COC(=O)[C@H]1[C@@H]2c3ccccc3O[C@]1(C)N=c1s/c(=C\c3c(C)nn(-c4ccccc4)c3Cl)c(=O)n12. The lowest BCUT2D eigenvalue weighted by Gasteiger charge is -2.44. The van der Waals surface area contributed by atoms with Gasteiger partial charge in [-0.2, -0.15) is 5.10 Å². The third-order valence-electron chi connectivity index (χ3n) is 6.66. The molecule has 0 saturated heterocycles. The Labute approximate surface area is 214 Å². The molecule has 4 heterocycles. The van der Waals surface area contributed by atoms with Crippen LogP contribution in [0.3, 0.4) is 0 Å². The van der Waals surface area contributed by atoms with Crippen LogP contribution in [-0.2, 0) is 9.53 Å². The van der Waals surface area contributed by atoms with Gasteiger partial charge in [-0.3, -0.25) is 14.2 Å². The van der Waals surface area contributed by atoms with Crippen molar-refractivity contribution < 1.29 is 14.3 Å². The first-order chi connectivity index (χ1) is 17.3. The first kappa shape index (κ1) is 22.8. The van der Waals surface area contributed by atoms with Gasteiger partial charge in [-0.1, -0.05) is 59.3 Å². The molecular weight excluding hydrogens is 500 g/mol. The molecule has 8 nitrogen and oxygen atoms in total. The lowest BCUT2D eigenvalue weighted by Crippen LogP contribution is -2.58. The number of rotatable bonds is 3. The lowest BCUT2D eigenvalue weighted by atomic mass is 9.81. The maximum atomic E-state index is 13.8. The molecular formula is C26H21ClN4O4S. The molecule has 0 amide bonds. The summed E-state index contributed by atoms with van der Waals surface area (Å²) in [6.07, 6.45) is 1.74. The van der Waals surface area contributed by atoms with E-state index in [0.29, 0.717) is 31.5 Å². The molecule has 0 saturated carbocycles. The Balaban J connectivity index is 1.58. The van der Waals surface area contributed by atoms with Crippen molar-refractivity contribution in [3.05, 3.63) is 96.3 Å². The average molecular weight is 521 g/mol. The van der Waals surface area contributed by atoms with Crippen molar-refractivity contribution >= 4 is 35.0 Å². The summed E-state index contributed by atoms with van der Waals surface area (Å²) in [5, 5.41) is 4.97. The van der Waals surface area contributed by atoms with E-state index in [9.17, 15) is 9.59 Å². The number of nitrogens with zero attached hydrogens (tertiary/aromatic N) is 4. The van der Waals surface area contributed by atoms with E-state index in [4.69, 9.17) is 26.1 Å². The molecule has 0 aliphatic carbocycles. The molecule has 0 radical (unpaired) electrons. The molecule has 0 spiro atoms. The second-order valence-electron chi connectivity index (χ2n) is 8.86. The summed E-state index contributed by atoms with van der Waals surface area (Å²) < 4.78 is 15.0. The molecule has 182 valence electrons. The molecule has 2 aliphatic heterocycles. The number of halogens is 1. The molecule has 3 atom stereocenters. The number of ether oxygens (including phenoxy) is 2. The predicted molar refractivity (Wildman–Crippen MR) is 135 cm³/mol. The molecule has 2 bridgehead atoms. The largest absolute Gasteiger partial charge is 0.469 e. The number of fused-ring (bicyclic) bond motifs is 6. The second-order valence-corrected chi connectivity index (χ2v) is 10.2. The van der Waals surface area contributed by atoms with Crippen LogP contribution in [0.15, 0.2) is 64.4 Å². The normalized spacial score (nSPS) is 22.3. The number of carbonyl (C=O) groups is 1. The van der Waals surface area contributed by atoms with Gasteiger partial charge in [0.15, 0.2) is 4.80 Å². The van der Waals surface area contributed by atoms with Crippen molar-refractivity contribution in [1.82, 2.24) is 14.3 Å². The Morgan fingerprint density at radius 2 is 1.92 bits per heavy atom. The summed E-state index contributed by atoms with van der Waals surface area (Å²) in [5.74, 6) is -0.722. The fourth-order valence-electron chi connectivity index (χ4n) is 4.98. The van der Waals surface area contributed by atoms with Crippen LogP contribution in [0, 0.1) is 12.8 Å². The number of aromatic nitrogens is 3. The maximum Gasteiger partial charge on any atom is 0.317 e. The molecule has 0 unspecified atom stereocenters. The quantitative estimate of drug-likeness (QED) is 0.388. The van der Waals surface area contributed by atoms with Gasteiger partial charge in [-0.25, -0.2) is 9.67 Å². The van der Waals surface area contributed by atoms with E-state index in [0.717, 1.165) is 11.3 Å². The van der Waals surface area contributed by atoms with Crippen molar-refractivity contribution in [3.63, 3.8) is 0 Å². The van der Waals surface area contributed by atoms with E-state index in [2.05, 4.69) is 5.10 Å². The molecule has 0 N–H and O–H groups in total. The van der Waals surface area contributed by atoms with Gasteiger partial charge < -0.3 is 9.47 Å². The Hall–Kier alpha value is -3.69. The fraction of sp³-hybridized carbons (Fsp3) is 0.231. The first-order valence-electron chi connectivity index (χ1n) is 11.3. The minimum atomic E-state index is -1.22. The van der Waals surface area contributed by atoms with Crippen LogP contribution in [-0.4, -0.2) is 33.2 Å². The zero-order chi connectivity index (χ0) is 25.2. The van der Waals surface area contributed by atoms with Gasteiger partial charge >= 0.3 is 5.97 Å². The lowest BCUT2D eigenvalue weighted by molar-refractivity contribution is -0.158. The Bertz CT molecular complexity index is 1710. The highest BCUT2D eigenvalue weighted by atomic mass is 35.5. The molecule has 2 aliphatic rings. The van der Waals surface area contributed by atoms with Crippen molar-refractivity contribution in [2.75, 3.05) is 7.11 Å². The number of carbonyl (C=O) groups excluding carboxylic acids is 1. The number of esters is 1. The van der Waals surface area contributed by atoms with E-state index < -0.39 is 23.7 Å². The van der Waals surface area contributed by atoms with Crippen LogP contribution >= 0.6 is 22.9 Å². The number of thiazole rings is 1. The molecule has 2 aromatic heterocycles. The highest BCUT2D eigenvalue weighted by Crippen LogP contribution is 2.47. The van der Waals surface area contributed by atoms with Gasteiger partial charge in [-0.05, 0) is 38.1 Å². The summed E-state index contributed by atoms with van der Waals surface area (Å²) >= 11 is 7.95. The predicted octanol–water partition coefficient (Wildman–Crippen LogP) is 3.01. The Morgan fingerprint density at radius 3 is 2.67 bits per heavy atom. The number of hydrogen-bond acceptors (Lipinski definition) is 7.